The Morgan fingerprint density at radius 1 is 1.64 bits per heavy atom. The van der Waals surface area contributed by atoms with Crippen LogP contribution >= 0.6 is 11.6 Å². The molecule has 0 radical (unpaired) electrons. The number of halogens is 1. The highest BCUT2D eigenvalue weighted by Gasteiger charge is 2.17. The van der Waals surface area contributed by atoms with Gasteiger partial charge in [-0.3, -0.25) is 4.40 Å². The van der Waals surface area contributed by atoms with E-state index in [9.17, 15) is 4.79 Å². The Hall–Kier alpha value is -1.55. The van der Waals surface area contributed by atoms with E-state index in [1.165, 1.54) is 4.40 Å². The van der Waals surface area contributed by atoms with E-state index >= 15 is 0 Å². The maximum absolute atomic E-state index is 10.9. The minimum absolute atomic E-state index is 0.00497. The molecule has 0 aliphatic heterocycles. The number of rotatable bonds is 1. The largest absolute Gasteiger partial charge is 0.476 e. The van der Waals surface area contributed by atoms with Gasteiger partial charge in [0.05, 0.1) is 0 Å². The van der Waals surface area contributed by atoms with E-state index in [0.717, 1.165) is 5.56 Å². The number of aromatic nitrogens is 2. The first-order valence-corrected chi connectivity index (χ1v) is 4.35. The van der Waals surface area contributed by atoms with Gasteiger partial charge in [0.2, 0.25) is 0 Å². The second kappa shape index (κ2) is 2.99. The molecule has 0 saturated carbocycles. The highest BCUT2D eigenvalue weighted by molar-refractivity contribution is 6.32. The third kappa shape index (κ3) is 1.15. The molecule has 0 bridgehead atoms. The molecule has 0 amide bonds. The Kier molecular flexibility index (Phi) is 1.93. The maximum Gasteiger partial charge on any atom is 0.356 e. The van der Waals surface area contributed by atoms with E-state index in [-0.39, 0.29) is 10.8 Å². The molecule has 0 aromatic carbocycles. The number of pyridine rings is 1. The van der Waals surface area contributed by atoms with Crippen molar-refractivity contribution in [3.63, 3.8) is 0 Å². The Morgan fingerprint density at radius 2 is 2.36 bits per heavy atom. The van der Waals surface area contributed by atoms with Crippen LogP contribution in [0.5, 0.6) is 0 Å². The molecule has 72 valence electrons. The van der Waals surface area contributed by atoms with E-state index < -0.39 is 5.97 Å². The number of aromatic carboxylic acids is 1. The van der Waals surface area contributed by atoms with Gasteiger partial charge in [-0.25, -0.2) is 9.78 Å². The first-order valence-electron chi connectivity index (χ1n) is 3.97. The summed E-state index contributed by atoms with van der Waals surface area (Å²) >= 11 is 5.72. The Labute approximate surface area is 84.8 Å². The van der Waals surface area contributed by atoms with Gasteiger partial charge in [-0.1, -0.05) is 17.7 Å². The maximum atomic E-state index is 10.9. The summed E-state index contributed by atoms with van der Waals surface area (Å²) in [5, 5.41) is 8.92. The summed E-state index contributed by atoms with van der Waals surface area (Å²) in [4.78, 5) is 14.8. The van der Waals surface area contributed by atoms with E-state index in [4.69, 9.17) is 16.7 Å². The van der Waals surface area contributed by atoms with Gasteiger partial charge in [-0.15, -0.1) is 0 Å². The van der Waals surface area contributed by atoms with Crippen molar-refractivity contribution in [3.8, 4) is 0 Å². The number of nitrogens with zero attached hydrogens (tertiary/aromatic N) is 2. The Bertz CT molecular complexity index is 519. The van der Waals surface area contributed by atoms with Crippen molar-refractivity contribution in [1.29, 1.82) is 0 Å². The summed E-state index contributed by atoms with van der Waals surface area (Å²) in [6.45, 7) is 1.85. The zero-order chi connectivity index (χ0) is 10.3. The van der Waals surface area contributed by atoms with Gasteiger partial charge in [0.25, 0.3) is 0 Å². The fraction of sp³-hybridized carbons (Fsp3) is 0.111. The summed E-state index contributed by atoms with van der Waals surface area (Å²) in [5.41, 5.74) is 1.47. The van der Waals surface area contributed by atoms with Crippen molar-refractivity contribution < 1.29 is 9.90 Å². The first kappa shape index (κ1) is 9.02. The Morgan fingerprint density at radius 3 is 3.00 bits per heavy atom. The van der Waals surface area contributed by atoms with E-state index in [0.29, 0.717) is 5.65 Å². The van der Waals surface area contributed by atoms with Crippen LogP contribution in [-0.2, 0) is 0 Å². The second-order valence-electron chi connectivity index (χ2n) is 2.94. The quantitative estimate of drug-likeness (QED) is 0.783. The van der Waals surface area contributed by atoms with Crippen molar-refractivity contribution in [3.05, 3.63) is 34.7 Å². The number of hydrogen-bond donors (Lipinski definition) is 1. The number of fused-ring (bicyclic) bond motifs is 1. The summed E-state index contributed by atoms with van der Waals surface area (Å²) in [6, 6.07) is 3.61. The molecule has 0 fully saturated rings. The molecule has 2 heterocycles. The van der Waals surface area contributed by atoms with Gasteiger partial charge < -0.3 is 5.11 Å². The molecule has 0 aliphatic carbocycles. The first-order chi connectivity index (χ1) is 6.61. The van der Waals surface area contributed by atoms with Gasteiger partial charge in [0.1, 0.15) is 5.65 Å². The predicted octanol–water partition coefficient (Wildman–Crippen LogP) is 1.99. The van der Waals surface area contributed by atoms with Gasteiger partial charge in [-0.05, 0) is 18.6 Å². The lowest BCUT2D eigenvalue weighted by molar-refractivity contribution is 0.0689. The number of hydrogen-bond acceptors (Lipinski definition) is 2. The zero-order valence-corrected chi connectivity index (χ0v) is 8.12. The normalized spacial score (nSPS) is 10.7. The van der Waals surface area contributed by atoms with Crippen LogP contribution in [0.3, 0.4) is 0 Å². The molecule has 2 aromatic rings. The van der Waals surface area contributed by atoms with Crippen molar-refractivity contribution in [2.24, 2.45) is 0 Å². The molecule has 1 N–H and O–H groups in total. The van der Waals surface area contributed by atoms with Gasteiger partial charge >= 0.3 is 5.97 Å². The van der Waals surface area contributed by atoms with Gasteiger partial charge in [0.15, 0.2) is 10.8 Å². The monoisotopic (exact) mass is 210 g/mol. The Balaban J connectivity index is 2.90. The average Bonchev–Trinajstić information content (AvgIpc) is 2.42. The fourth-order valence-electron chi connectivity index (χ4n) is 1.37. The van der Waals surface area contributed by atoms with Crippen LogP contribution in [-0.4, -0.2) is 20.5 Å². The number of carboxylic acids is 1. The fourth-order valence-corrected chi connectivity index (χ4v) is 1.62. The highest BCUT2D eigenvalue weighted by Crippen LogP contribution is 2.19. The summed E-state index contributed by atoms with van der Waals surface area (Å²) in [6.07, 6.45) is 1.63. The molecule has 2 aromatic heterocycles. The number of carbonyl (C=O) groups is 1. The highest BCUT2D eigenvalue weighted by atomic mass is 35.5. The van der Waals surface area contributed by atoms with Gasteiger partial charge in [-0.2, -0.15) is 0 Å². The molecule has 4 nitrogen and oxygen atoms in total. The molecule has 0 spiro atoms. The molecule has 5 heteroatoms. The van der Waals surface area contributed by atoms with Crippen LogP contribution in [0.15, 0.2) is 18.3 Å². The summed E-state index contributed by atoms with van der Waals surface area (Å²) < 4.78 is 1.47. The minimum Gasteiger partial charge on any atom is -0.476 e. The molecule has 14 heavy (non-hydrogen) atoms. The SMILES string of the molecule is Cc1cccn2c(C(=O)O)c(Cl)nc12. The summed E-state index contributed by atoms with van der Waals surface area (Å²) in [7, 11) is 0. The smallest absolute Gasteiger partial charge is 0.356 e. The van der Waals surface area contributed by atoms with Crippen LogP contribution in [0.2, 0.25) is 5.15 Å². The third-order valence-corrected chi connectivity index (χ3v) is 2.27. The molecule has 2 rings (SSSR count). The predicted molar refractivity (Wildman–Crippen MR) is 51.9 cm³/mol. The molecule has 0 atom stereocenters. The minimum atomic E-state index is -1.08. The van der Waals surface area contributed by atoms with E-state index in [1.54, 1.807) is 12.3 Å². The van der Waals surface area contributed by atoms with E-state index in [1.807, 2.05) is 13.0 Å². The standard InChI is InChI=1S/C9H7ClN2O2/c1-5-3-2-4-12-6(9(13)14)7(10)11-8(5)12/h2-4H,1H3,(H,13,14). The number of aryl methyl sites for hydroxylation is 1. The number of carboxylic acid groups (broad SMARTS) is 1. The van der Waals surface area contributed by atoms with Crippen LogP contribution in [0.1, 0.15) is 16.1 Å². The van der Waals surface area contributed by atoms with Crippen molar-refractivity contribution in [2.75, 3.05) is 0 Å². The lowest BCUT2D eigenvalue weighted by atomic mass is 10.3. The van der Waals surface area contributed by atoms with Crippen molar-refractivity contribution >= 4 is 23.2 Å². The van der Waals surface area contributed by atoms with Gasteiger partial charge in [0, 0.05) is 6.20 Å². The van der Waals surface area contributed by atoms with E-state index in [2.05, 4.69) is 4.98 Å². The van der Waals surface area contributed by atoms with Crippen LogP contribution in [0, 0.1) is 6.92 Å². The molecular formula is C9H7ClN2O2. The third-order valence-electron chi connectivity index (χ3n) is 2.01. The topological polar surface area (TPSA) is 54.6 Å². The molecule has 0 saturated heterocycles. The molecule has 0 unspecified atom stereocenters. The second-order valence-corrected chi connectivity index (χ2v) is 3.30. The van der Waals surface area contributed by atoms with Crippen molar-refractivity contribution in [2.45, 2.75) is 6.92 Å². The van der Waals surface area contributed by atoms with Crippen LogP contribution in [0.4, 0.5) is 0 Å². The molecular weight excluding hydrogens is 204 g/mol. The number of imidazole rings is 1. The van der Waals surface area contributed by atoms with Crippen LogP contribution in [0.25, 0.3) is 5.65 Å². The average molecular weight is 211 g/mol. The van der Waals surface area contributed by atoms with Crippen molar-refractivity contribution in [1.82, 2.24) is 9.38 Å². The lowest BCUT2D eigenvalue weighted by Gasteiger charge is -1.97. The molecule has 0 aliphatic rings. The zero-order valence-electron chi connectivity index (χ0n) is 7.36. The lowest BCUT2D eigenvalue weighted by Crippen LogP contribution is -2.02. The summed E-state index contributed by atoms with van der Waals surface area (Å²) in [5.74, 6) is -1.08. The van der Waals surface area contributed by atoms with Crippen LogP contribution < -0.4 is 0 Å².